The van der Waals surface area contributed by atoms with Crippen LogP contribution in [-0.4, -0.2) is 44.8 Å². The predicted octanol–water partition coefficient (Wildman–Crippen LogP) is 4.30. The Bertz CT molecular complexity index is 1170. The van der Waals surface area contributed by atoms with Crippen molar-refractivity contribution in [3.05, 3.63) is 75.7 Å². The van der Waals surface area contributed by atoms with Gasteiger partial charge in [-0.1, -0.05) is 11.6 Å². The summed E-state index contributed by atoms with van der Waals surface area (Å²) in [4.78, 5) is 14.9. The van der Waals surface area contributed by atoms with E-state index in [1.807, 2.05) is 12.1 Å². The van der Waals surface area contributed by atoms with E-state index in [9.17, 15) is 17.6 Å². The highest BCUT2D eigenvalue weighted by Crippen LogP contribution is 2.28. The second kappa shape index (κ2) is 8.96. The van der Waals surface area contributed by atoms with Gasteiger partial charge in [0.1, 0.15) is 15.6 Å². The van der Waals surface area contributed by atoms with Gasteiger partial charge < -0.3 is 10.2 Å². The minimum atomic E-state index is -3.83. The van der Waals surface area contributed by atoms with Crippen molar-refractivity contribution in [3.8, 4) is 0 Å². The number of nitrogens with one attached hydrogen (secondary N) is 1. The van der Waals surface area contributed by atoms with Crippen LogP contribution < -0.4 is 10.2 Å². The van der Waals surface area contributed by atoms with Crippen LogP contribution in [0.1, 0.15) is 9.67 Å². The van der Waals surface area contributed by atoms with E-state index in [1.165, 1.54) is 34.6 Å². The fraction of sp³-hybridized carbons (Fsp3) is 0.190. The summed E-state index contributed by atoms with van der Waals surface area (Å²) < 4.78 is 40.9. The topological polar surface area (TPSA) is 69.7 Å². The molecular formula is C21H19ClFN3O3S2. The van der Waals surface area contributed by atoms with E-state index >= 15 is 0 Å². The molecule has 0 aliphatic carbocycles. The Morgan fingerprint density at radius 3 is 2.26 bits per heavy atom. The lowest BCUT2D eigenvalue weighted by Crippen LogP contribution is -2.48. The van der Waals surface area contributed by atoms with Crippen LogP contribution in [-0.2, 0) is 10.0 Å². The number of benzene rings is 2. The third kappa shape index (κ3) is 4.74. The van der Waals surface area contributed by atoms with Gasteiger partial charge in [0.2, 0.25) is 10.0 Å². The zero-order valence-electron chi connectivity index (χ0n) is 16.3. The first-order valence-electron chi connectivity index (χ1n) is 9.50. The number of nitrogens with zero attached hydrogens (tertiary/aromatic N) is 2. The van der Waals surface area contributed by atoms with Gasteiger partial charge in [0, 0.05) is 42.6 Å². The van der Waals surface area contributed by atoms with Crippen molar-refractivity contribution in [3.63, 3.8) is 0 Å². The molecule has 0 bridgehead atoms. The highest BCUT2D eigenvalue weighted by molar-refractivity contribution is 7.89. The first-order chi connectivity index (χ1) is 14.8. The monoisotopic (exact) mass is 479 g/mol. The van der Waals surface area contributed by atoms with Gasteiger partial charge in [-0.05, 0) is 60.0 Å². The molecule has 6 nitrogen and oxygen atoms in total. The van der Waals surface area contributed by atoms with Crippen molar-refractivity contribution in [1.82, 2.24) is 4.31 Å². The van der Waals surface area contributed by atoms with Crippen molar-refractivity contribution in [2.24, 2.45) is 0 Å². The van der Waals surface area contributed by atoms with E-state index in [4.69, 9.17) is 11.6 Å². The van der Waals surface area contributed by atoms with Crippen LogP contribution in [0.15, 0.2) is 64.9 Å². The maximum absolute atomic E-state index is 13.2. The lowest BCUT2D eigenvalue weighted by atomic mass is 10.2. The summed E-state index contributed by atoms with van der Waals surface area (Å²) >= 11 is 6.99. The summed E-state index contributed by atoms with van der Waals surface area (Å²) in [6, 6.07) is 14.2. The van der Waals surface area contributed by atoms with Crippen LogP contribution >= 0.6 is 22.9 Å². The average molecular weight is 480 g/mol. The number of hydrogen-bond acceptors (Lipinski definition) is 5. The van der Waals surface area contributed by atoms with E-state index in [0.717, 1.165) is 17.0 Å². The number of carbonyl (C=O) groups is 1. The predicted molar refractivity (Wildman–Crippen MR) is 121 cm³/mol. The van der Waals surface area contributed by atoms with Gasteiger partial charge in [0.25, 0.3) is 5.91 Å². The number of anilines is 2. The minimum Gasteiger partial charge on any atom is -0.369 e. The smallest absolute Gasteiger partial charge is 0.267 e. The summed E-state index contributed by atoms with van der Waals surface area (Å²) in [5.74, 6) is -0.963. The van der Waals surface area contributed by atoms with Crippen molar-refractivity contribution < 1.29 is 17.6 Å². The standard InChI is InChI=1S/C21H19ClFN3O3S2/c22-15-1-7-18(8-2-15)25-10-12-26(13-11-25)31(28,29)19-9-14-30-20(19)21(27)24-17-5-3-16(23)4-6-17/h1-9,14H,10-13H2,(H,24,27). The Hall–Kier alpha value is -2.46. The average Bonchev–Trinajstić information content (AvgIpc) is 3.27. The third-order valence-corrected chi connectivity index (χ3v) is 8.22. The normalized spacial score (nSPS) is 15.1. The number of hydrogen-bond donors (Lipinski definition) is 1. The number of carbonyl (C=O) groups excluding carboxylic acids is 1. The minimum absolute atomic E-state index is 0.0166. The first kappa shape index (κ1) is 21.8. The van der Waals surface area contributed by atoms with Gasteiger partial charge in [-0.25, -0.2) is 12.8 Å². The van der Waals surface area contributed by atoms with Crippen molar-refractivity contribution in [1.29, 1.82) is 0 Å². The molecule has 0 unspecified atom stereocenters. The number of thiophene rings is 1. The van der Waals surface area contributed by atoms with Gasteiger partial charge in [0.05, 0.1) is 0 Å². The van der Waals surface area contributed by atoms with Gasteiger partial charge in [-0.15, -0.1) is 11.3 Å². The molecule has 31 heavy (non-hydrogen) atoms. The largest absolute Gasteiger partial charge is 0.369 e. The summed E-state index contributed by atoms with van der Waals surface area (Å²) in [6.45, 7) is 1.67. The molecule has 1 N–H and O–H groups in total. The molecule has 10 heteroatoms. The Balaban J connectivity index is 1.47. The number of rotatable bonds is 5. The third-order valence-electron chi connectivity index (χ3n) is 4.99. The van der Waals surface area contributed by atoms with Crippen LogP contribution in [0.2, 0.25) is 5.02 Å². The van der Waals surface area contributed by atoms with E-state index in [1.54, 1.807) is 17.5 Å². The van der Waals surface area contributed by atoms with Crippen molar-refractivity contribution >= 4 is 50.2 Å². The maximum Gasteiger partial charge on any atom is 0.267 e. The molecule has 1 fully saturated rings. The molecule has 1 saturated heterocycles. The van der Waals surface area contributed by atoms with E-state index in [2.05, 4.69) is 10.2 Å². The summed E-state index contributed by atoms with van der Waals surface area (Å²) in [6.07, 6.45) is 0. The molecule has 3 aromatic rings. The molecule has 2 aromatic carbocycles. The lowest BCUT2D eigenvalue weighted by Gasteiger charge is -2.35. The van der Waals surface area contributed by atoms with Crippen LogP contribution in [0.5, 0.6) is 0 Å². The van der Waals surface area contributed by atoms with Crippen LogP contribution in [0.25, 0.3) is 0 Å². The van der Waals surface area contributed by atoms with Crippen LogP contribution in [0, 0.1) is 5.82 Å². The Kier molecular flexibility index (Phi) is 6.29. The molecule has 2 heterocycles. The molecule has 4 rings (SSSR count). The summed E-state index contributed by atoms with van der Waals surface area (Å²) in [5.41, 5.74) is 1.37. The zero-order valence-corrected chi connectivity index (χ0v) is 18.7. The summed E-state index contributed by atoms with van der Waals surface area (Å²) in [7, 11) is -3.83. The van der Waals surface area contributed by atoms with Crippen LogP contribution in [0.4, 0.5) is 15.8 Å². The maximum atomic E-state index is 13.2. The van der Waals surface area contributed by atoms with E-state index < -0.39 is 21.7 Å². The molecule has 1 aliphatic heterocycles. The SMILES string of the molecule is O=C(Nc1ccc(F)cc1)c1sccc1S(=O)(=O)N1CCN(c2ccc(Cl)cc2)CC1. The lowest BCUT2D eigenvalue weighted by molar-refractivity contribution is 0.102. The molecule has 0 saturated carbocycles. The molecule has 0 atom stereocenters. The van der Waals surface area contributed by atoms with E-state index in [0.29, 0.717) is 36.9 Å². The molecule has 1 aliphatic rings. The molecule has 0 spiro atoms. The Labute approximate surface area is 188 Å². The van der Waals surface area contributed by atoms with Crippen LogP contribution in [0.3, 0.4) is 0 Å². The highest BCUT2D eigenvalue weighted by atomic mass is 35.5. The molecule has 1 amide bonds. The van der Waals surface area contributed by atoms with Gasteiger partial charge in [-0.2, -0.15) is 4.31 Å². The molecular weight excluding hydrogens is 461 g/mol. The Morgan fingerprint density at radius 1 is 0.968 bits per heavy atom. The van der Waals surface area contributed by atoms with Gasteiger partial charge in [0.15, 0.2) is 0 Å². The second-order valence-electron chi connectivity index (χ2n) is 6.94. The quantitative estimate of drug-likeness (QED) is 0.592. The fourth-order valence-corrected chi connectivity index (χ4v) is 6.21. The fourth-order valence-electron chi connectivity index (χ4n) is 3.36. The second-order valence-corrected chi connectivity index (χ2v) is 10.2. The first-order valence-corrected chi connectivity index (χ1v) is 12.2. The number of amides is 1. The number of sulfonamides is 1. The highest BCUT2D eigenvalue weighted by Gasteiger charge is 2.32. The molecule has 162 valence electrons. The Morgan fingerprint density at radius 2 is 1.61 bits per heavy atom. The number of piperazine rings is 1. The molecule has 1 aromatic heterocycles. The van der Waals surface area contributed by atoms with Gasteiger partial charge in [-0.3, -0.25) is 4.79 Å². The van der Waals surface area contributed by atoms with Crippen molar-refractivity contribution in [2.75, 3.05) is 36.4 Å². The molecule has 0 radical (unpaired) electrons. The van der Waals surface area contributed by atoms with Gasteiger partial charge >= 0.3 is 0 Å². The summed E-state index contributed by atoms with van der Waals surface area (Å²) in [5, 5.41) is 4.85. The number of halogens is 2. The van der Waals surface area contributed by atoms with Crippen molar-refractivity contribution in [2.45, 2.75) is 4.90 Å². The van der Waals surface area contributed by atoms with E-state index in [-0.39, 0.29) is 9.77 Å². The zero-order chi connectivity index (χ0) is 22.0.